The van der Waals surface area contributed by atoms with Gasteiger partial charge in [-0.2, -0.15) is 0 Å². The Morgan fingerprint density at radius 2 is 2.11 bits per heavy atom. The molecule has 0 atom stereocenters. The molecular formula is C20H26N4O4. The zero-order valence-corrected chi connectivity index (χ0v) is 16.5. The van der Waals surface area contributed by atoms with E-state index in [0.717, 1.165) is 28.3 Å². The van der Waals surface area contributed by atoms with E-state index in [-0.39, 0.29) is 11.9 Å². The van der Waals surface area contributed by atoms with Gasteiger partial charge in [0.1, 0.15) is 18.1 Å². The minimum atomic E-state index is -0.260. The molecule has 1 aromatic heterocycles. The summed E-state index contributed by atoms with van der Waals surface area (Å²) < 4.78 is 10.9. The standard InChI is InChI=1S/C20H26N4O4/c1-4-21-20(26)22-16-5-7-18-15(11-16)12-24(9-10-27-18)19(25)8-6-17-13(2)23-28-14(17)3/h5,7,11H,4,6,8-10,12H2,1-3H3,(H2,21,22,26). The Bertz CT molecular complexity index is 842. The SMILES string of the molecule is CCNC(=O)Nc1ccc2c(c1)CN(C(=O)CCc1c(C)noc1C)CCO2. The molecule has 0 radical (unpaired) electrons. The Balaban J connectivity index is 1.67. The zero-order chi connectivity index (χ0) is 20.1. The number of nitrogens with one attached hydrogen (secondary N) is 2. The van der Waals surface area contributed by atoms with Gasteiger partial charge in [0.25, 0.3) is 0 Å². The second kappa shape index (κ2) is 8.77. The normalized spacial score (nSPS) is 13.3. The van der Waals surface area contributed by atoms with Crippen molar-refractivity contribution in [2.75, 3.05) is 25.0 Å². The predicted octanol–water partition coefficient (Wildman–Crippen LogP) is 2.79. The van der Waals surface area contributed by atoms with Crippen LogP contribution in [0.5, 0.6) is 5.75 Å². The number of aryl methyl sites for hydroxylation is 2. The molecule has 28 heavy (non-hydrogen) atoms. The number of carbonyl (C=O) groups excluding carboxylic acids is 2. The Morgan fingerprint density at radius 3 is 2.82 bits per heavy atom. The molecule has 2 aromatic rings. The molecular weight excluding hydrogens is 360 g/mol. The number of urea groups is 1. The highest BCUT2D eigenvalue weighted by Crippen LogP contribution is 2.27. The molecule has 0 aliphatic carbocycles. The maximum absolute atomic E-state index is 12.8. The van der Waals surface area contributed by atoms with Crippen molar-refractivity contribution in [3.8, 4) is 5.75 Å². The lowest BCUT2D eigenvalue weighted by atomic mass is 10.1. The third-order valence-corrected chi connectivity index (χ3v) is 4.76. The van der Waals surface area contributed by atoms with Crippen LogP contribution in [0, 0.1) is 13.8 Å². The lowest BCUT2D eigenvalue weighted by molar-refractivity contribution is -0.131. The maximum Gasteiger partial charge on any atom is 0.319 e. The molecule has 2 heterocycles. The average Bonchev–Trinajstić information content (AvgIpc) is 2.86. The summed E-state index contributed by atoms with van der Waals surface area (Å²) in [7, 11) is 0. The fourth-order valence-corrected chi connectivity index (χ4v) is 3.27. The van der Waals surface area contributed by atoms with Crippen LogP contribution in [0.25, 0.3) is 0 Å². The second-order valence-electron chi connectivity index (χ2n) is 6.77. The smallest absolute Gasteiger partial charge is 0.319 e. The second-order valence-corrected chi connectivity index (χ2v) is 6.77. The van der Waals surface area contributed by atoms with Crippen LogP contribution in [0.15, 0.2) is 22.7 Å². The highest BCUT2D eigenvalue weighted by atomic mass is 16.5. The van der Waals surface area contributed by atoms with Crippen LogP contribution < -0.4 is 15.4 Å². The van der Waals surface area contributed by atoms with Crippen molar-refractivity contribution >= 4 is 17.6 Å². The van der Waals surface area contributed by atoms with Crippen molar-refractivity contribution in [1.82, 2.24) is 15.4 Å². The number of benzene rings is 1. The van der Waals surface area contributed by atoms with Crippen LogP contribution in [0.1, 0.15) is 35.9 Å². The van der Waals surface area contributed by atoms with Gasteiger partial charge in [0.15, 0.2) is 0 Å². The number of rotatable bonds is 5. The van der Waals surface area contributed by atoms with Crippen molar-refractivity contribution in [1.29, 1.82) is 0 Å². The van der Waals surface area contributed by atoms with Crippen molar-refractivity contribution in [2.24, 2.45) is 0 Å². The number of hydrogen-bond donors (Lipinski definition) is 2. The van der Waals surface area contributed by atoms with Gasteiger partial charge < -0.3 is 24.8 Å². The van der Waals surface area contributed by atoms with E-state index in [1.54, 1.807) is 11.0 Å². The summed E-state index contributed by atoms with van der Waals surface area (Å²) in [6.07, 6.45) is 0.984. The molecule has 3 rings (SSSR count). The fraction of sp³-hybridized carbons (Fsp3) is 0.450. The number of hydrogen-bond acceptors (Lipinski definition) is 5. The molecule has 0 bridgehead atoms. The molecule has 3 amide bonds. The minimum Gasteiger partial charge on any atom is -0.491 e. The van der Waals surface area contributed by atoms with Gasteiger partial charge in [-0.1, -0.05) is 5.16 Å². The molecule has 8 nitrogen and oxygen atoms in total. The maximum atomic E-state index is 12.8. The van der Waals surface area contributed by atoms with Crippen LogP contribution in [0.2, 0.25) is 0 Å². The number of aromatic nitrogens is 1. The summed E-state index contributed by atoms with van der Waals surface area (Å²) in [5, 5.41) is 9.42. The Labute approximate surface area is 164 Å². The molecule has 8 heteroatoms. The van der Waals surface area contributed by atoms with Crippen LogP contribution in [0.4, 0.5) is 10.5 Å². The number of anilines is 1. The van der Waals surface area contributed by atoms with Gasteiger partial charge in [-0.3, -0.25) is 4.79 Å². The van der Waals surface area contributed by atoms with Gasteiger partial charge >= 0.3 is 6.03 Å². The van der Waals surface area contributed by atoms with Crippen molar-refractivity contribution in [3.05, 3.63) is 40.8 Å². The number of amides is 3. The third kappa shape index (κ3) is 4.62. The Kier molecular flexibility index (Phi) is 6.18. The number of nitrogens with zero attached hydrogens (tertiary/aromatic N) is 2. The summed E-state index contributed by atoms with van der Waals surface area (Å²) in [5.74, 6) is 1.55. The van der Waals surface area contributed by atoms with E-state index in [0.29, 0.717) is 44.8 Å². The molecule has 2 N–H and O–H groups in total. The average molecular weight is 386 g/mol. The van der Waals surface area contributed by atoms with Crippen molar-refractivity contribution in [2.45, 2.75) is 40.2 Å². The lowest BCUT2D eigenvalue weighted by Gasteiger charge is -2.20. The van der Waals surface area contributed by atoms with E-state index in [9.17, 15) is 9.59 Å². The summed E-state index contributed by atoms with van der Waals surface area (Å²) in [6, 6.07) is 5.21. The van der Waals surface area contributed by atoms with Gasteiger partial charge in [-0.15, -0.1) is 0 Å². The van der Waals surface area contributed by atoms with Gasteiger partial charge in [0.2, 0.25) is 5.91 Å². The molecule has 1 aliphatic rings. The topological polar surface area (TPSA) is 96.7 Å². The monoisotopic (exact) mass is 386 g/mol. The number of fused-ring (bicyclic) bond motifs is 1. The van der Waals surface area contributed by atoms with E-state index in [1.165, 1.54) is 0 Å². The first kappa shape index (κ1) is 19.7. The molecule has 0 spiro atoms. The molecule has 0 unspecified atom stereocenters. The van der Waals surface area contributed by atoms with Gasteiger partial charge in [0, 0.05) is 36.3 Å². The predicted molar refractivity (Wildman–Crippen MR) is 104 cm³/mol. The number of ether oxygens (including phenoxy) is 1. The van der Waals surface area contributed by atoms with Crippen LogP contribution >= 0.6 is 0 Å². The first-order chi connectivity index (χ1) is 13.5. The number of carbonyl (C=O) groups is 2. The molecule has 0 saturated carbocycles. The van der Waals surface area contributed by atoms with E-state index in [2.05, 4.69) is 15.8 Å². The highest BCUT2D eigenvalue weighted by Gasteiger charge is 2.21. The fourth-order valence-electron chi connectivity index (χ4n) is 3.27. The van der Waals surface area contributed by atoms with E-state index < -0.39 is 0 Å². The van der Waals surface area contributed by atoms with Crippen molar-refractivity contribution < 1.29 is 18.8 Å². The molecule has 0 saturated heterocycles. The van der Waals surface area contributed by atoms with E-state index >= 15 is 0 Å². The largest absolute Gasteiger partial charge is 0.491 e. The van der Waals surface area contributed by atoms with Crippen LogP contribution in [-0.4, -0.2) is 41.7 Å². The quantitative estimate of drug-likeness (QED) is 0.824. The van der Waals surface area contributed by atoms with Crippen LogP contribution in [-0.2, 0) is 17.8 Å². The van der Waals surface area contributed by atoms with Gasteiger partial charge in [-0.05, 0) is 45.4 Å². The molecule has 1 aromatic carbocycles. The first-order valence-electron chi connectivity index (χ1n) is 9.48. The highest BCUT2D eigenvalue weighted by molar-refractivity contribution is 5.89. The summed E-state index contributed by atoms with van der Waals surface area (Å²) in [4.78, 5) is 26.3. The summed E-state index contributed by atoms with van der Waals surface area (Å²) in [6.45, 7) is 7.56. The minimum absolute atomic E-state index is 0.0542. The molecule has 1 aliphatic heterocycles. The Morgan fingerprint density at radius 1 is 1.29 bits per heavy atom. The summed E-state index contributed by atoms with van der Waals surface area (Å²) in [5.41, 5.74) is 3.36. The first-order valence-corrected chi connectivity index (χ1v) is 9.48. The molecule has 0 fully saturated rings. The van der Waals surface area contributed by atoms with E-state index in [4.69, 9.17) is 9.26 Å². The molecule has 150 valence electrons. The van der Waals surface area contributed by atoms with E-state index in [1.807, 2.05) is 32.9 Å². The summed E-state index contributed by atoms with van der Waals surface area (Å²) >= 11 is 0. The lowest BCUT2D eigenvalue weighted by Crippen LogP contribution is -2.32. The van der Waals surface area contributed by atoms with Gasteiger partial charge in [0.05, 0.1) is 12.2 Å². The Hall–Kier alpha value is -3.03. The third-order valence-electron chi connectivity index (χ3n) is 4.76. The zero-order valence-electron chi connectivity index (χ0n) is 16.5. The van der Waals surface area contributed by atoms with Gasteiger partial charge in [-0.25, -0.2) is 4.79 Å². The van der Waals surface area contributed by atoms with Crippen molar-refractivity contribution in [3.63, 3.8) is 0 Å². The van der Waals surface area contributed by atoms with Crippen LogP contribution in [0.3, 0.4) is 0 Å².